The molecular formula is C20H31NS. The molecule has 0 spiro atoms. The lowest BCUT2D eigenvalue weighted by Crippen LogP contribution is -1.94. The van der Waals surface area contributed by atoms with Crippen molar-refractivity contribution in [2.75, 3.05) is 0 Å². The van der Waals surface area contributed by atoms with Crippen molar-refractivity contribution < 1.29 is 0 Å². The van der Waals surface area contributed by atoms with Crippen LogP contribution >= 0.6 is 11.8 Å². The summed E-state index contributed by atoms with van der Waals surface area (Å²) < 4.78 is 0. The van der Waals surface area contributed by atoms with E-state index in [1.165, 1.54) is 0 Å². The topological polar surface area (TPSA) is 12.4 Å². The second kappa shape index (κ2) is 14.4. The number of para-hydroxylation sites is 1. The van der Waals surface area contributed by atoms with Crippen LogP contribution in [0.1, 0.15) is 48.5 Å². The third-order valence-electron chi connectivity index (χ3n) is 2.42. The van der Waals surface area contributed by atoms with E-state index in [9.17, 15) is 0 Å². The van der Waals surface area contributed by atoms with Gasteiger partial charge in [0.05, 0.1) is 5.69 Å². The van der Waals surface area contributed by atoms with Crippen molar-refractivity contribution in [1.82, 2.24) is 0 Å². The van der Waals surface area contributed by atoms with Gasteiger partial charge in [0.15, 0.2) is 0 Å². The van der Waals surface area contributed by atoms with Crippen molar-refractivity contribution in [3.05, 3.63) is 60.1 Å². The lowest BCUT2D eigenvalue weighted by molar-refractivity contribution is 1.37. The second-order valence-corrected chi connectivity index (χ2v) is 4.54. The largest absolute Gasteiger partial charge is 0.252 e. The van der Waals surface area contributed by atoms with E-state index < -0.39 is 0 Å². The summed E-state index contributed by atoms with van der Waals surface area (Å²) in [5, 5.41) is 0. The average Bonchev–Trinajstić information content (AvgIpc) is 2.75. The van der Waals surface area contributed by atoms with Crippen LogP contribution in [0.3, 0.4) is 0 Å². The highest BCUT2D eigenvalue weighted by atomic mass is 32.2. The Balaban J connectivity index is 0. The molecule has 0 amide bonds. The summed E-state index contributed by atoms with van der Waals surface area (Å²) in [5.41, 5.74) is 3.07. The predicted molar refractivity (Wildman–Crippen MR) is 107 cm³/mol. The van der Waals surface area contributed by atoms with E-state index in [0.29, 0.717) is 0 Å². The Morgan fingerprint density at radius 1 is 0.909 bits per heavy atom. The molecule has 122 valence electrons. The van der Waals surface area contributed by atoms with Crippen molar-refractivity contribution in [2.45, 2.75) is 53.4 Å². The Bertz CT molecular complexity index is 510. The summed E-state index contributed by atoms with van der Waals surface area (Å²) in [5.74, 6) is 0. The fraction of sp³-hybridized carbons (Fsp3) is 0.350. The molecule has 0 radical (unpaired) electrons. The van der Waals surface area contributed by atoms with Gasteiger partial charge in [0.25, 0.3) is 0 Å². The fourth-order valence-electron chi connectivity index (χ4n) is 1.63. The van der Waals surface area contributed by atoms with Gasteiger partial charge in [0.1, 0.15) is 0 Å². The van der Waals surface area contributed by atoms with E-state index in [1.807, 2.05) is 78.8 Å². The van der Waals surface area contributed by atoms with E-state index in [0.717, 1.165) is 26.8 Å². The Hall–Kier alpha value is -1.54. The maximum atomic E-state index is 4.61. The molecule has 0 saturated heterocycles. The van der Waals surface area contributed by atoms with E-state index in [-0.39, 0.29) is 0 Å². The van der Waals surface area contributed by atoms with E-state index in [1.54, 1.807) is 11.8 Å². The number of nitrogens with zero attached hydrogens (tertiary/aromatic N) is 1. The van der Waals surface area contributed by atoms with Crippen LogP contribution in [0, 0.1) is 0 Å². The smallest absolute Gasteiger partial charge is 0.0772 e. The van der Waals surface area contributed by atoms with Gasteiger partial charge < -0.3 is 0 Å². The summed E-state index contributed by atoms with van der Waals surface area (Å²) in [6.07, 6.45) is 3.71. The van der Waals surface area contributed by atoms with Gasteiger partial charge in [-0.25, -0.2) is 0 Å². The molecule has 0 aliphatic carbocycles. The predicted octanol–water partition coefficient (Wildman–Crippen LogP) is 7.59. The van der Waals surface area contributed by atoms with Gasteiger partial charge in [-0.2, -0.15) is 0 Å². The van der Waals surface area contributed by atoms with Gasteiger partial charge in [-0.15, -0.1) is 0 Å². The zero-order chi connectivity index (χ0) is 17.5. The number of hydrogen-bond donors (Lipinski definition) is 0. The van der Waals surface area contributed by atoms with Crippen molar-refractivity contribution in [1.29, 1.82) is 0 Å². The lowest BCUT2D eigenvalue weighted by Gasteiger charge is -2.04. The summed E-state index contributed by atoms with van der Waals surface area (Å²) in [6.45, 7) is 21.7. The van der Waals surface area contributed by atoms with Crippen LogP contribution in [0.4, 0.5) is 5.69 Å². The summed E-state index contributed by atoms with van der Waals surface area (Å²) in [6, 6.07) is 8.13. The van der Waals surface area contributed by atoms with Crippen molar-refractivity contribution in [3.8, 4) is 0 Å². The molecule has 1 aliphatic rings. The molecule has 1 aromatic carbocycles. The molecule has 2 rings (SSSR count). The molecule has 0 fully saturated rings. The van der Waals surface area contributed by atoms with Crippen LogP contribution in [-0.2, 0) is 0 Å². The van der Waals surface area contributed by atoms with Crippen LogP contribution in [0.15, 0.2) is 69.9 Å². The minimum atomic E-state index is 0.988. The first-order valence-corrected chi connectivity index (χ1v) is 8.89. The van der Waals surface area contributed by atoms with E-state index in [4.69, 9.17) is 0 Å². The maximum absolute atomic E-state index is 4.61. The Labute approximate surface area is 142 Å². The van der Waals surface area contributed by atoms with Gasteiger partial charge >= 0.3 is 0 Å². The van der Waals surface area contributed by atoms with Crippen LogP contribution < -0.4 is 0 Å². The molecule has 1 heterocycles. The molecule has 1 aromatic rings. The molecule has 0 saturated carbocycles. The number of rotatable bonds is 2. The standard InChI is InChI=1S/C14H13NS.3C2H6/c1-4-11-10(3)15-12-8-6-7-9-14(12)16-13(11)5-2;3*1-2/h4-9H,1-2H2,3H3;3*1-2H3. The molecule has 0 bridgehead atoms. The first-order chi connectivity index (χ1) is 10.8. The molecule has 2 heteroatoms. The van der Waals surface area contributed by atoms with Gasteiger partial charge in [-0.3, -0.25) is 4.99 Å². The van der Waals surface area contributed by atoms with Gasteiger partial charge in [-0.1, -0.05) is 90.7 Å². The minimum Gasteiger partial charge on any atom is -0.252 e. The Kier molecular flexibility index (Phi) is 14.9. The minimum absolute atomic E-state index is 0.988. The zero-order valence-electron chi connectivity index (χ0n) is 15.2. The number of aliphatic imine (C=N–C) groups is 1. The first kappa shape index (κ1) is 22.7. The summed E-state index contributed by atoms with van der Waals surface area (Å²) >= 11 is 1.69. The van der Waals surface area contributed by atoms with Gasteiger partial charge in [-0.05, 0) is 19.1 Å². The molecule has 0 unspecified atom stereocenters. The van der Waals surface area contributed by atoms with Crippen LogP contribution in [0.5, 0.6) is 0 Å². The number of benzene rings is 1. The van der Waals surface area contributed by atoms with E-state index >= 15 is 0 Å². The highest BCUT2D eigenvalue weighted by molar-refractivity contribution is 8.03. The van der Waals surface area contributed by atoms with Crippen LogP contribution in [0.25, 0.3) is 0 Å². The monoisotopic (exact) mass is 317 g/mol. The highest BCUT2D eigenvalue weighted by Gasteiger charge is 2.13. The molecule has 1 nitrogen and oxygen atoms in total. The Morgan fingerprint density at radius 3 is 1.95 bits per heavy atom. The summed E-state index contributed by atoms with van der Waals surface area (Å²) in [4.78, 5) is 6.88. The van der Waals surface area contributed by atoms with Gasteiger partial charge in [0, 0.05) is 21.1 Å². The van der Waals surface area contributed by atoms with Gasteiger partial charge in [0.2, 0.25) is 0 Å². The van der Waals surface area contributed by atoms with Crippen molar-refractivity contribution in [2.24, 2.45) is 4.99 Å². The molecule has 0 N–H and O–H groups in total. The third-order valence-corrected chi connectivity index (χ3v) is 3.59. The SMILES string of the molecule is C=CC1=C(C=C)C(C)=Nc2ccccc2S1.CC.CC.CC. The molecule has 0 aromatic heterocycles. The average molecular weight is 318 g/mol. The van der Waals surface area contributed by atoms with Crippen LogP contribution in [0.2, 0.25) is 0 Å². The number of hydrogen-bond acceptors (Lipinski definition) is 2. The molecule has 1 aliphatic heterocycles. The highest BCUT2D eigenvalue weighted by Crippen LogP contribution is 2.39. The van der Waals surface area contributed by atoms with Crippen LogP contribution in [-0.4, -0.2) is 5.71 Å². The number of allylic oxidation sites excluding steroid dienone is 3. The normalized spacial score (nSPS) is 11.7. The third kappa shape index (κ3) is 6.48. The zero-order valence-corrected chi connectivity index (χ0v) is 16.1. The number of thioether (sulfide) groups is 1. The Morgan fingerprint density at radius 2 is 1.45 bits per heavy atom. The maximum Gasteiger partial charge on any atom is 0.0772 e. The fourth-order valence-corrected chi connectivity index (χ4v) is 2.65. The first-order valence-electron chi connectivity index (χ1n) is 8.08. The summed E-state index contributed by atoms with van der Waals surface area (Å²) in [7, 11) is 0. The molecule has 22 heavy (non-hydrogen) atoms. The second-order valence-electron chi connectivity index (χ2n) is 3.45. The quantitative estimate of drug-likeness (QED) is 0.547. The van der Waals surface area contributed by atoms with Crippen molar-refractivity contribution >= 4 is 23.2 Å². The molecule has 0 atom stereocenters. The van der Waals surface area contributed by atoms with E-state index in [2.05, 4.69) is 24.2 Å². The molecular weight excluding hydrogens is 286 g/mol. The number of fused-ring (bicyclic) bond motifs is 1. The van der Waals surface area contributed by atoms with Crippen molar-refractivity contribution in [3.63, 3.8) is 0 Å². The lowest BCUT2D eigenvalue weighted by atomic mass is 10.1.